The number of rotatable bonds is 3. The quantitative estimate of drug-likeness (QED) is 0.820. The van der Waals surface area contributed by atoms with Crippen molar-refractivity contribution >= 4 is 23.3 Å². The Hall–Kier alpha value is -1.40. The van der Waals surface area contributed by atoms with Crippen LogP contribution < -0.4 is 10.2 Å². The summed E-state index contributed by atoms with van der Waals surface area (Å²) in [7, 11) is 0. The Kier molecular flexibility index (Phi) is 4.33. The van der Waals surface area contributed by atoms with Crippen LogP contribution >= 0.6 is 11.6 Å². The van der Waals surface area contributed by atoms with Gasteiger partial charge in [-0.15, -0.1) is 0 Å². The van der Waals surface area contributed by atoms with Crippen molar-refractivity contribution in [1.29, 1.82) is 0 Å². The first-order valence-corrected chi connectivity index (χ1v) is 6.24. The molecule has 6 nitrogen and oxygen atoms in total. The molecule has 0 bridgehead atoms. The number of morpholine rings is 1. The van der Waals surface area contributed by atoms with E-state index < -0.39 is 0 Å². The number of anilines is 1. The Bertz CT molecular complexity index is 435. The minimum atomic E-state index is -0.240. The molecule has 0 unspecified atom stereocenters. The lowest BCUT2D eigenvalue weighted by molar-refractivity contribution is 0.0950. The predicted molar refractivity (Wildman–Crippen MR) is 68.1 cm³/mol. The molecule has 0 aromatic carbocycles. The number of ether oxygens (including phenoxy) is 1. The van der Waals surface area contributed by atoms with Gasteiger partial charge in [0.05, 0.1) is 13.2 Å². The summed E-state index contributed by atoms with van der Waals surface area (Å²) in [6, 6.07) is 1.65. The minimum absolute atomic E-state index is 0.0836. The molecular weight excluding hydrogens is 256 g/mol. The summed E-state index contributed by atoms with van der Waals surface area (Å²) in [5.41, 5.74) is 0.290. The number of carbonyl (C=O) groups excluding carboxylic acids is 1. The van der Waals surface area contributed by atoms with Crippen LogP contribution in [0.2, 0.25) is 5.28 Å². The van der Waals surface area contributed by atoms with Crippen LogP contribution in [0.25, 0.3) is 0 Å². The van der Waals surface area contributed by atoms with Gasteiger partial charge in [0.15, 0.2) is 0 Å². The molecule has 0 spiro atoms. The van der Waals surface area contributed by atoms with E-state index in [1.54, 1.807) is 6.07 Å². The van der Waals surface area contributed by atoms with Gasteiger partial charge in [0.1, 0.15) is 11.5 Å². The SMILES string of the molecule is CCNC(=O)c1cc(N2CCOCC2)nc(Cl)n1. The van der Waals surface area contributed by atoms with Crippen LogP contribution in [0.3, 0.4) is 0 Å². The molecule has 1 fully saturated rings. The molecule has 1 aromatic rings. The van der Waals surface area contributed by atoms with Crippen LogP contribution in [0.4, 0.5) is 5.82 Å². The minimum Gasteiger partial charge on any atom is -0.378 e. The molecule has 0 atom stereocenters. The van der Waals surface area contributed by atoms with Crippen molar-refractivity contribution < 1.29 is 9.53 Å². The number of hydrogen-bond acceptors (Lipinski definition) is 5. The zero-order valence-corrected chi connectivity index (χ0v) is 10.9. The van der Waals surface area contributed by atoms with Gasteiger partial charge >= 0.3 is 0 Å². The maximum atomic E-state index is 11.7. The van der Waals surface area contributed by atoms with E-state index in [9.17, 15) is 4.79 Å². The highest BCUT2D eigenvalue weighted by molar-refractivity contribution is 6.28. The number of halogens is 1. The van der Waals surface area contributed by atoms with Crippen LogP contribution in [-0.4, -0.2) is 48.7 Å². The fourth-order valence-electron chi connectivity index (χ4n) is 1.73. The first-order valence-electron chi connectivity index (χ1n) is 5.86. The second-order valence-electron chi connectivity index (χ2n) is 3.84. The van der Waals surface area contributed by atoms with Crippen molar-refractivity contribution in [1.82, 2.24) is 15.3 Å². The van der Waals surface area contributed by atoms with Gasteiger partial charge in [-0.1, -0.05) is 0 Å². The molecule has 2 rings (SSSR count). The monoisotopic (exact) mass is 270 g/mol. The number of hydrogen-bond donors (Lipinski definition) is 1. The average molecular weight is 271 g/mol. The van der Waals surface area contributed by atoms with Crippen molar-refractivity contribution in [3.05, 3.63) is 17.0 Å². The molecular formula is C11H15ClN4O2. The molecule has 0 saturated carbocycles. The van der Waals surface area contributed by atoms with Gasteiger partial charge in [0, 0.05) is 25.7 Å². The molecule has 18 heavy (non-hydrogen) atoms. The fourth-order valence-corrected chi connectivity index (χ4v) is 1.91. The highest BCUT2D eigenvalue weighted by atomic mass is 35.5. The normalized spacial score (nSPS) is 15.6. The number of nitrogens with one attached hydrogen (secondary N) is 1. The summed E-state index contributed by atoms with van der Waals surface area (Å²) < 4.78 is 5.27. The topological polar surface area (TPSA) is 67.4 Å². The largest absolute Gasteiger partial charge is 0.378 e. The van der Waals surface area contributed by atoms with E-state index in [1.807, 2.05) is 11.8 Å². The van der Waals surface area contributed by atoms with Gasteiger partial charge in [-0.2, -0.15) is 0 Å². The molecule has 98 valence electrons. The second-order valence-corrected chi connectivity index (χ2v) is 4.18. The number of nitrogens with zero attached hydrogens (tertiary/aromatic N) is 3. The summed E-state index contributed by atoms with van der Waals surface area (Å²) in [4.78, 5) is 21.8. The Morgan fingerprint density at radius 1 is 1.50 bits per heavy atom. The zero-order valence-electron chi connectivity index (χ0n) is 10.1. The Labute approximate surface area is 110 Å². The van der Waals surface area contributed by atoms with Crippen LogP contribution in [-0.2, 0) is 4.74 Å². The van der Waals surface area contributed by atoms with E-state index in [-0.39, 0.29) is 11.2 Å². The highest BCUT2D eigenvalue weighted by Crippen LogP contribution is 2.16. The van der Waals surface area contributed by atoms with Crippen LogP contribution in [0.5, 0.6) is 0 Å². The van der Waals surface area contributed by atoms with E-state index in [0.717, 1.165) is 13.1 Å². The van der Waals surface area contributed by atoms with Crippen LogP contribution in [0, 0.1) is 0 Å². The summed E-state index contributed by atoms with van der Waals surface area (Å²) in [6.07, 6.45) is 0. The second kappa shape index (κ2) is 5.97. The van der Waals surface area contributed by atoms with E-state index >= 15 is 0 Å². The van der Waals surface area contributed by atoms with Gasteiger partial charge in [0.25, 0.3) is 5.91 Å². The zero-order chi connectivity index (χ0) is 13.0. The molecule has 7 heteroatoms. The third kappa shape index (κ3) is 3.08. The third-order valence-corrected chi connectivity index (χ3v) is 2.76. The van der Waals surface area contributed by atoms with Crippen molar-refractivity contribution in [2.45, 2.75) is 6.92 Å². The van der Waals surface area contributed by atoms with E-state index in [2.05, 4.69) is 15.3 Å². The summed E-state index contributed by atoms with van der Waals surface area (Å²) in [5, 5.41) is 2.77. The van der Waals surface area contributed by atoms with Gasteiger partial charge in [0.2, 0.25) is 5.28 Å². The molecule has 1 aliphatic heterocycles. The first kappa shape index (κ1) is 13.0. The number of amides is 1. The van der Waals surface area contributed by atoms with E-state index in [0.29, 0.717) is 31.3 Å². The molecule has 0 aliphatic carbocycles. The van der Waals surface area contributed by atoms with Gasteiger partial charge in [-0.05, 0) is 18.5 Å². The molecule has 1 aromatic heterocycles. The van der Waals surface area contributed by atoms with E-state index in [4.69, 9.17) is 16.3 Å². The molecule has 1 saturated heterocycles. The van der Waals surface area contributed by atoms with Crippen LogP contribution in [0.15, 0.2) is 6.07 Å². The highest BCUT2D eigenvalue weighted by Gasteiger charge is 2.16. The Morgan fingerprint density at radius 3 is 2.89 bits per heavy atom. The molecule has 1 amide bonds. The average Bonchev–Trinajstić information content (AvgIpc) is 2.39. The maximum Gasteiger partial charge on any atom is 0.270 e. The smallest absolute Gasteiger partial charge is 0.270 e. The molecule has 1 aliphatic rings. The van der Waals surface area contributed by atoms with Crippen molar-refractivity contribution in [2.24, 2.45) is 0 Å². The molecule has 0 radical (unpaired) electrons. The first-order chi connectivity index (χ1) is 8.70. The van der Waals surface area contributed by atoms with Gasteiger partial charge in [-0.25, -0.2) is 9.97 Å². The third-order valence-electron chi connectivity index (χ3n) is 2.59. The standard InChI is InChI=1S/C11H15ClN4O2/c1-2-13-10(17)8-7-9(15-11(12)14-8)16-3-5-18-6-4-16/h7H,2-6H2,1H3,(H,13,17). The van der Waals surface area contributed by atoms with Crippen molar-refractivity contribution in [3.63, 3.8) is 0 Å². The lowest BCUT2D eigenvalue weighted by Crippen LogP contribution is -2.37. The van der Waals surface area contributed by atoms with Gasteiger partial charge in [-0.3, -0.25) is 4.79 Å². The Morgan fingerprint density at radius 2 is 2.22 bits per heavy atom. The van der Waals surface area contributed by atoms with Crippen molar-refractivity contribution in [2.75, 3.05) is 37.7 Å². The number of aromatic nitrogens is 2. The summed E-state index contributed by atoms with van der Waals surface area (Å²) >= 11 is 5.85. The lowest BCUT2D eigenvalue weighted by atomic mass is 10.3. The maximum absolute atomic E-state index is 11.7. The number of carbonyl (C=O) groups is 1. The van der Waals surface area contributed by atoms with Gasteiger partial charge < -0.3 is 15.0 Å². The Balaban J connectivity index is 2.22. The summed E-state index contributed by atoms with van der Waals surface area (Å²) in [6.45, 7) is 5.18. The fraction of sp³-hybridized carbons (Fsp3) is 0.545. The van der Waals surface area contributed by atoms with Crippen LogP contribution in [0.1, 0.15) is 17.4 Å². The predicted octanol–water partition coefficient (Wildman–Crippen LogP) is 0.716. The summed E-state index contributed by atoms with van der Waals surface area (Å²) in [5.74, 6) is 0.427. The lowest BCUT2D eigenvalue weighted by Gasteiger charge is -2.27. The van der Waals surface area contributed by atoms with E-state index in [1.165, 1.54) is 0 Å². The van der Waals surface area contributed by atoms with Crippen molar-refractivity contribution in [3.8, 4) is 0 Å². The molecule has 2 heterocycles. The molecule has 1 N–H and O–H groups in total.